The number of nitrogens with zero attached hydrogens (tertiary/aromatic N) is 1. The van der Waals surface area contributed by atoms with Gasteiger partial charge in [-0.05, 0) is 43.9 Å². The van der Waals surface area contributed by atoms with Crippen LogP contribution in [0.3, 0.4) is 0 Å². The van der Waals surface area contributed by atoms with Gasteiger partial charge in [-0.1, -0.05) is 13.0 Å². The van der Waals surface area contributed by atoms with E-state index >= 15 is 0 Å². The lowest BCUT2D eigenvalue weighted by Crippen LogP contribution is -2.44. The van der Waals surface area contributed by atoms with Crippen LogP contribution in [0.15, 0.2) is 24.3 Å². The van der Waals surface area contributed by atoms with Crippen LogP contribution in [0.5, 0.6) is 0 Å². The molecule has 3 heteroatoms. The Kier molecular flexibility index (Phi) is 3.36. The van der Waals surface area contributed by atoms with Crippen molar-refractivity contribution in [2.45, 2.75) is 32.7 Å². The van der Waals surface area contributed by atoms with Gasteiger partial charge >= 0.3 is 0 Å². The highest BCUT2D eigenvalue weighted by molar-refractivity contribution is 5.95. The monoisotopic (exact) mass is 232 g/mol. The first-order valence-electron chi connectivity index (χ1n) is 6.24. The molecule has 2 N–H and O–H groups in total. The van der Waals surface area contributed by atoms with Gasteiger partial charge in [-0.3, -0.25) is 4.79 Å². The number of amides is 1. The molecule has 1 fully saturated rings. The number of piperidine rings is 1. The van der Waals surface area contributed by atoms with Gasteiger partial charge in [0, 0.05) is 23.8 Å². The van der Waals surface area contributed by atoms with Gasteiger partial charge in [0.25, 0.3) is 5.91 Å². The van der Waals surface area contributed by atoms with Crippen molar-refractivity contribution in [1.29, 1.82) is 0 Å². The Morgan fingerprint density at radius 1 is 1.41 bits per heavy atom. The number of nitrogen functional groups attached to an aromatic ring is 1. The number of anilines is 1. The second-order valence-electron chi connectivity index (χ2n) is 5.10. The van der Waals surface area contributed by atoms with Crippen molar-refractivity contribution in [3.63, 3.8) is 0 Å². The largest absolute Gasteiger partial charge is 0.399 e. The smallest absolute Gasteiger partial charge is 0.254 e. The Hall–Kier alpha value is -1.51. The zero-order valence-corrected chi connectivity index (χ0v) is 10.5. The summed E-state index contributed by atoms with van der Waals surface area (Å²) in [5.74, 6) is 0.826. The third-order valence-corrected chi connectivity index (χ3v) is 3.53. The molecule has 0 saturated carbocycles. The van der Waals surface area contributed by atoms with Crippen molar-refractivity contribution in [2.75, 3.05) is 12.3 Å². The molecular formula is C14H20N2O. The zero-order valence-electron chi connectivity index (χ0n) is 10.5. The molecule has 1 heterocycles. The number of carbonyl (C=O) groups excluding carboxylic acids is 1. The van der Waals surface area contributed by atoms with Crippen LogP contribution < -0.4 is 5.73 Å². The molecule has 92 valence electrons. The topological polar surface area (TPSA) is 46.3 Å². The average Bonchev–Trinajstić information content (AvgIpc) is 2.28. The maximum absolute atomic E-state index is 12.3. The molecule has 0 aliphatic carbocycles. The van der Waals surface area contributed by atoms with Crippen LogP contribution in [0.4, 0.5) is 5.69 Å². The van der Waals surface area contributed by atoms with Crippen LogP contribution in [0.25, 0.3) is 0 Å². The van der Waals surface area contributed by atoms with Crippen molar-refractivity contribution < 1.29 is 4.79 Å². The maximum atomic E-state index is 12.3. The number of benzene rings is 1. The molecule has 0 spiro atoms. The van der Waals surface area contributed by atoms with Crippen LogP contribution in [0.1, 0.15) is 37.0 Å². The summed E-state index contributed by atoms with van der Waals surface area (Å²) in [6, 6.07) is 7.56. The summed E-state index contributed by atoms with van der Waals surface area (Å²) in [6.45, 7) is 5.23. The number of likely N-dealkylation sites (tertiary alicyclic amines) is 1. The van der Waals surface area contributed by atoms with Crippen LogP contribution in [0, 0.1) is 5.92 Å². The Morgan fingerprint density at radius 3 is 2.82 bits per heavy atom. The Labute approximate surface area is 103 Å². The first kappa shape index (κ1) is 12.0. The lowest BCUT2D eigenvalue weighted by atomic mass is 9.93. The Balaban J connectivity index is 2.15. The molecule has 2 atom stereocenters. The van der Waals surface area contributed by atoms with Crippen LogP contribution in [-0.2, 0) is 0 Å². The molecule has 0 radical (unpaired) electrons. The van der Waals surface area contributed by atoms with E-state index in [1.807, 2.05) is 17.0 Å². The minimum Gasteiger partial charge on any atom is -0.399 e. The first-order valence-corrected chi connectivity index (χ1v) is 6.24. The molecule has 17 heavy (non-hydrogen) atoms. The standard InChI is InChI=1S/C14H20N2O/c1-10-6-7-16(11(2)8-10)14(17)12-4-3-5-13(15)9-12/h3-5,9-11H,6-8,15H2,1-2H3. The fourth-order valence-electron chi connectivity index (χ4n) is 2.55. The van der Waals surface area contributed by atoms with Gasteiger partial charge in [0.1, 0.15) is 0 Å². The molecule has 2 unspecified atom stereocenters. The fraction of sp³-hybridized carbons (Fsp3) is 0.500. The van der Waals surface area contributed by atoms with E-state index in [1.165, 1.54) is 0 Å². The summed E-state index contributed by atoms with van der Waals surface area (Å²) in [4.78, 5) is 14.3. The van der Waals surface area contributed by atoms with Crippen molar-refractivity contribution in [1.82, 2.24) is 4.90 Å². The van der Waals surface area contributed by atoms with Gasteiger partial charge in [-0.15, -0.1) is 0 Å². The van der Waals surface area contributed by atoms with Gasteiger partial charge in [-0.2, -0.15) is 0 Å². The summed E-state index contributed by atoms with van der Waals surface area (Å²) >= 11 is 0. The Bertz CT molecular complexity index is 416. The van der Waals surface area contributed by atoms with E-state index in [2.05, 4.69) is 13.8 Å². The fourth-order valence-corrected chi connectivity index (χ4v) is 2.55. The quantitative estimate of drug-likeness (QED) is 0.756. The van der Waals surface area contributed by atoms with Crippen molar-refractivity contribution in [3.8, 4) is 0 Å². The predicted molar refractivity (Wildman–Crippen MR) is 69.8 cm³/mol. The zero-order chi connectivity index (χ0) is 12.4. The van der Waals surface area contributed by atoms with Gasteiger partial charge in [0.15, 0.2) is 0 Å². The number of hydrogen-bond donors (Lipinski definition) is 1. The molecule has 3 nitrogen and oxygen atoms in total. The molecule has 0 bridgehead atoms. The van der Waals surface area contributed by atoms with Crippen LogP contribution >= 0.6 is 0 Å². The van der Waals surface area contributed by atoms with E-state index in [1.54, 1.807) is 12.1 Å². The second kappa shape index (κ2) is 4.78. The lowest BCUT2D eigenvalue weighted by molar-refractivity contribution is 0.0588. The predicted octanol–water partition coefficient (Wildman–Crippen LogP) is 2.53. The lowest BCUT2D eigenvalue weighted by Gasteiger charge is -2.36. The molecule has 1 aliphatic heterocycles. The van der Waals surface area contributed by atoms with E-state index in [4.69, 9.17) is 5.73 Å². The minimum absolute atomic E-state index is 0.108. The number of hydrogen-bond acceptors (Lipinski definition) is 2. The van der Waals surface area contributed by atoms with Crippen molar-refractivity contribution in [3.05, 3.63) is 29.8 Å². The highest BCUT2D eigenvalue weighted by Gasteiger charge is 2.27. The van der Waals surface area contributed by atoms with E-state index < -0.39 is 0 Å². The Morgan fingerprint density at radius 2 is 2.18 bits per heavy atom. The average molecular weight is 232 g/mol. The highest BCUT2D eigenvalue weighted by Crippen LogP contribution is 2.24. The summed E-state index contributed by atoms with van der Waals surface area (Å²) in [5, 5.41) is 0. The van der Waals surface area contributed by atoms with Gasteiger partial charge < -0.3 is 10.6 Å². The molecular weight excluding hydrogens is 212 g/mol. The number of nitrogens with two attached hydrogens (primary N) is 1. The van der Waals surface area contributed by atoms with Crippen molar-refractivity contribution >= 4 is 11.6 Å². The van der Waals surface area contributed by atoms with E-state index in [0.29, 0.717) is 17.3 Å². The summed E-state index contributed by atoms with van der Waals surface area (Å²) in [6.07, 6.45) is 2.19. The van der Waals surface area contributed by atoms with Crippen LogP contribution in [-0.4, -0.2) is 23.4 Å². The van der Waals surface area contributed by atoms with E-state index in [0.717, 1.165) is 25.3 Å². The molecule has 2 rings (SSSR count). The van der Waals surface area contributed by atoms with Crippen molar-refractivity contribution in [2.24, 2.45) is 5.92 Å². The normalized spacial score (nSPS) is 24.7. The van der Waals surface area contributed by atoms with Crippen LogP contribution in [0.2, 0.25) is 0 Å². The number of carbonyl (C=O) groups is 1. The third-order valence-electron chi connectivity index (χ3n) is 3.53. The summed E-state index contributed by atoms with van der Waals surface area (Å²) < 4.78 is 0. The van der Waals surface area contributed by atoms with Gasteiger partial charge in [0.05, 0.1) is 0 Å². The first-order chi connectivity index (χ1) is 8.08. The molecule has 1 amide bonds. The highest BCUT2D eigenvalue weighted by atomic mass is 16.2. The molecule has 1 aliphatic rings. The van der Waals surface area contributed by atoms with Gasteiger partial charge in [0.2, 0.25) is 0 Å². The number of rotatable bonds is 1. The minimum atomic E-state index is 0.108. The second-order valence-corrected chi connectivity index (χ2v) is 5.10. The molecule has 1 aromatic carbocycles. The van der Waals surface area contributed by atoms with E-state index in [-0.39, 0.29) is 5.91 Å². The summed E-state index contributed by atoms with van der Waals surface area (Å²) in [7, 11) is 0. The SMILES string of the molecule is CC1CCN(C(=O)c2cccc(N)c2)C(C)C1. The van der Waals surface area contributed by atoms with E-state index in [9.17, 15) is 4.79 Å². The molecule has 1 aromatic rings. The molecule has 0 aromatic heterocycles. The third kappa shape index (κ3) is 2.60. The summed E-state index contributed by atoms with van der Waals surface area (Å²) in [5.41, 5.74) is 7.06. The van der Waals surface area contributed by atoms with Gasteiger partial charge in [-0.25, -0.2) is 0 Å². The molecule has 1 saturated heterocycles. The maximum Gasteiger partial charge on any atom is 0.254 e.